The summed E-state index contributed by atoms with van der Waals surface area (Å²) in [5.74, 6) is -0.0505. The molecular formula is C24H27FNO3P. The molecule has 4 nitrogen and oxygen atoms in total. The molecule has 3 rings (SSSR count). The van der Waals surface area contributed by atoms with Crippen LogP contribution in [-0.4, -0.2) is 23.0 Å². The first-order chi connectivity index (χ1) is 14.1. The molecule has 0 amide bonds. The lowest BCUT2D eigenvalue weighted by Gasteiger charge is -2.16. The van der Waals surface area contributed by atoms with Crippen molar-refractivity contribution in [3.05, 3.63) is 93.8 Å². The van der Waals surface area contributed by atoms with Gasteiger partial charge in [-0.05, 0) is 84.0 Å². The van der Waals surface area contributed by atoms with Crippen LogP contribution in [-0.2, 0) is 17.4 Å². The van der Waals surface area contributed by atoms with Crippen molar-refractivity contribution in [2.75, 3.05) is 18.3 Å². The zero-order valence-electron chi connectivity index (χ0n) is 17.4. The van der Waals surface area contributed by atoms with Gasteiger partial charge in [0.2, 0.25) is 7.37 Å². The summed E-state index contributed by atoms with van der Waals surface area (Å²) < 4.78 is 24.7. The fourth-order valence-corrected chi connectivity index (χ4v) is 4.00. The topological polar surface area (TPSA) is 69.6 Å². The summed E-state index contributed by atoms with van der Waals surface area (Å²) in [5.41, 5.74) is 7.00. The normalized spacial score (nSPS) is 13.1. The second kappa shape index (κ2) is 9.03. The maximum atomic E-state index is 13.1. The van der Waals surface area contributed by atoms with Gasteiger partial charge in [0.05, 0.1) is 6.29 Å². The largest absolute Gasteiger partial charge is 0.508 e. The van der Waals surface area contributed by atoms with Gasteiger partial charge in [-0.15, -0.1) is 0 Å². The minimum absolute atomic E-state index is 0.0376. The number of aryl methyl sites for hydroxylation is 2. The van der Waals surface area contributed by atoms with Gasteiger partial charge < -0.3 is 15.3 Å². The van der Waals surface area contributed by atoms with E-state index in [1.165, 1.54) is 24.4 Å². The first-order valence-corrected chi connectivity index (χ1v) is 12.1. The highest BCUT2D eigenvalue weighted by Crippen LogP contribution is 2.35. The second-order valence-electron chi connectivity index (χ2n) is 7.92. The van der Waals surface area contributed by atoms with Crippen LogP contribution in [0.5, 0.6) is 5.75 Å². The molecule has 1 unspecified atom stereocenters. The first kappa shape index (κ1) is 22.1. The summed E-state index contributed by atoms with van der Waals surface area (Å²) in [7, 11) is -3.13. The van der Waals surface area contributed by atoms with Gasteiger partial charge in [-0.2, -0.15) is 0 Å². The molecule has 1 atom stereocenters. The van der Waals surface area contributed by atoms with Crippen molar-refractivity contribution in [2.24, 2.45) is 0 Å². The molecule has 0 aromatic heterocycles. The smallest absolute Gasteiger partial charge is 0.216 e. The van der Waals surface area contributed by atoms with Crippen LogP contribution < -0.4 is 5.32 Å². The highest BCUT2D eigenvalue weighted by atomic mass is 31.2. The number of phenols is 1. The average Bonchev–Trinajstić information content (AvgIpc) is 2.66. The van der Waals surface area contributed by atoms with E-state index >= 15 is 0 Å². The van der Waals surface area contributed by atoms with Crippen LogP contribution in [0.4, 0.5) is 10.1 Å². The zero-order valence-corrected chi connectivity index (χ0v) is 18.3. The maximum Gasteiger partial charge on any atom is 0.216 e. The van der Waals surface area contributed by atoms with Crippen molar-refractivity contribution >= 4 is 13.1 Å². The van der Waals surface area contributed by atoms with E-state index in [-0.39, 0.29) is 17.9 Å². The van der Waals surface area contributed by atoms with Crippen molar-refractivity contribution in [3.63, 3.8) is 0 Å². The molecular weight excluding hydrogens is 400 g/mol. The Morgan fingerprint density at radius 2 is 1.53 bits per heavy atom. The minimum atomic E-state index is -3.13. The Balaban J connectivity index is 1.80. The van der Waals surface area contributed by atoms with Gasteiger partial charge in [0.15, 0.2) is 0 Å². The molecule has 0 aliphatic rings. The van der Waals surface area contributed by atoms with E-state index in [1.54, 1.807) is 18.2 Å². The number of halogens is 1. The zero-order chi connectivity index (χ0) is 21.9. The van der Waals surface area contributed by atoms with E-state index in [0.717, 1.165) is 33.5 Å². The van der Waals surface area contributed by atoms with Crippen LogP contribution in [0, 0.1) is 19.7 Å². The predicted octanol–water partition coefficient (Wildman–Crippen LogP) is 5.60. The number of phenolic OH excluding ortho intramolecular Hbond substituents is 1. The van der Waals surface area contributed by atoms with Crippen LogP contribution >= 0.6 is 7.37 Å². The Hall–Kier alpha value is -2.62. The number of nitrogens with one attached hydrogen (secondary N) is 1. The average molecular weight is 427 g/mol. The molecule has 0 heterocycles. The summed E-state index contributed by atoms with van der Waals surface area (Å²) in [4.78, 5) is 9.49. The Morgan fingerprint density at radius 1 is 0.933 bits per heavy atom. The summed E-state index contributed by atoms with van der Waals surface area (Å²) in [6.45, 7) is 5.39. The van der Waals surface area contributed by atoms with Crippen molar-refractivity contribution in [1.29, 1.82) is 0 Å². The highest BCUT2D eigenvalue weighted by Gasteiger charge is 2.12. The van der Waals surface area contributed by atoms with Gasteiger partial charge in [-0.1, -0.05) is 24.3 Å². The number of rotatable bonds is 7. The molecule has 3 aromatic carbocycles. The number of aromatic hydroxyl groups is 1. The van der Waals surface area contributed by atoms with E-state index < -0.39 is 7.37 Å². The van der Waals surface area contributed by atoms with Gasteiger partial charge in [0.25, 0.3) is 0 Å². The van der Waals surface area contributed by atoms with E-state index in [4.69, 9.17) is 0 Å². The summed E-state index contributed by atoms with van der Waals surface area (Å²) in [6.07, 6.45) is 1.27. The van der Waals surface area contributed by atoms with Gasteiger partial charge in [-0.3, -0.25) is 4.57 Å². The molecule has 0 radical (unpaired) electrons. The Morgan fingerprint density at radius 3 is 2.13 bits per heavy atom. The van der Waals surface area contributed by atoms with E-state index in [2.05, 4.69) is 5.32 Å². The predicted molar refractivity (Wildman–Crippen MR) is 120 cm³/mol. The minimum Gasteiger partial charge on any atom is -0.508 e. The molecule has 3 aromatic rings. The third-order valence-corrected chi connectivity index (χ3v) is 5.85. The summed E-state index contributed by atoms with van der Waals surface area (Å²) in [6, 6.07) is 15.9. The molecule has 0 saturated heterocycles. The Labute approximate surface area is 176 Å². The van der Waals surface area contributed by atoms with E-state index in [1.807, 2.05) is 38.1 Å². The highest BCUT2D eigenvalue weighted by molar-refractivity contribution is 7.57. The number of benzene rings is 3. The lowest BCUT2D eigenvalue weighted by atomic mass is 9.93. The summed E-state index contributed by atoms with van der Waals surface area (Å²) >= 11 is 0. The van der Waals surface area contributed by atoms with Crippen molar-refractivity contribution in [3.8, 4) is 5.75 Å². The molecule has 0 fully saturated rings. The van der Waals surface area contributed by atoms with E-state index in [9.17, 15) is 19.0 Å². The molecule has 3 N–H and O–H groups in total. The third kappa shape index (κ3) is 5.94. The van der Waals surface area contributed by atoms with E-state index in [0.29, 0.717) is 12.8 Å². The van der Waals surface area contributed by atoms with Gasteiger partial charge >= 0.3 is 0 Å². The number of hydrogen-bond donors (Lipinski definition) is 3. The molecule has 0 bridgehead atoms. The lowest BCUT2D eigenvalue weighted by molar-refractivity contribution is 0.469. The van der Waals surface area contributed by atoms with Gasteiger partial charge in [0.1, 0.15) is 11.6 Å². The molecule has 6 heteroatoms. The fourth-order valence-electron chi connectivity index (χ4n) is 3.53. The summed E-state index contributed by atoms with van der Waals surface area (Å²) in [5, 5.41) is 13.3. The first-order valence-electron chi connectivity index (χ1n) is 9.79. The third-order valence-electron chi connectivity index (χ3n) is 5.11. The van der Waals surface area contributed by atoms with Gasteiger partial charge in [0, 0.05) is 18.8 Å². The quantitative estimate of drug-likeness (QED) is 0.430. The molecule has 30 heavy (non-hydrogen) atoms. The second-order valence-corrected chi connectivity index (χ2v) is 10.3. The molecule has 0 spiro atoms. The Bertz CT molecular complexity index is 1070. The van der Waals surface area contributed by atoms with Crippen molar-refractivity contribution in [1.82, 2.24) is 0 Å². The SMILES string of the molecule is Cc1cc(NCP(C)(=O)O)cc(C)c1Cc1ccc(O)c(Cc2ccc(F)cc2)c1. The standard InChI is InChI=1S/C24H27FNO3P/c1-16-10-22(26-15-30(3,28)29)11-17(2)23(16)14-19-6-9-24(27)20(13-19)12-18-4-7-21(25)8-5-18/h4-11,13,26-27H,12,14-15H2,1-3H3,(H,28,29). The van der Waals surface area contributed by atoms with Gasteiger partial charge in [-0.25, -0.2) is 4.39 Å². The fraction of sp³-hybridized carbons (Fsp3) is 0.250. The number of hydrogen-bond acceptors (Lipinski definition) is 3. The molecule has 0 aliphatic carbocycles. The van der Waals surface area contributed by atoms with Crippen LogP contribution in [0.1, 0.15) is 33.4 Å². The van der Waals surface area contributed by atoms with Crippen LogP contribution in [0.3, 0.4) is 0 Å². The van der Waals surface area contributed by atoms with Crippen molar-refractivity contribution < 1.29 is 19.0 Å². The molecule has 0 saturated carbocycles. The maximum absolute atomic E-state index is 13.1. The number of anilines is 1. The van der Waals surface area contributed by atoms with Crippen molar-refractivity contribution in [2.45, 2.75) is 26.7 Å². The van der Waals surface area contributed by atoms with Crippen LogP contribution in [0.15, 0.2) is 54.6 Å². The molecule has 158 valence electrons. The molecule has 0 aliphatic heterocycles. The van der Waals surface area contributed by atoms with Crippen LogP contribution in [0.2, 0.25) is 0 Å². The Kier molecular flexibility index (Phi) is 6.64. The lowest BCUT2D eigenvalue weighted by Crippen LogP contribution is -2.04. The van der Waals surface area contributed by atoms with Crippen LogP contribution in [0.25, 0.3) is 0 Å². The monoisotopic (exact) mass is 427 g/mol.